The molecule has 0 radical (unpaired) electrons. The molecule has 152 valence electrons. The maximum absolute atomic E-state index is 13.5. The molecule has 0 saturated carbocycles. The summed E-state index contributed by atoms with van der Waals surface area (Å²) in [6.45, 7) is 3.48. The monoisotopic (exact) mass is 420 g/mol. The van der Waals surface area contributed by atoms with Crippen LogP contribution in [0, 0.1) is 0 Å². The van der Waals surface area contributed by atoms with E-state index in [9.17, 15) is 13.2 Å². The lowest BCUT2D eigenvalue weighted by molar-refractivity contribution is -0.137. The smallest absolute Gasteiger partial charge is 0.353 e. The third-order valence-corrected chi connectivity index (χ3v) is 5.38. The summed E-state index contributed by atoms with van der Waals surface area (Å²) < 4.78 is 40.6. The van der Waals surface area contributed by atoms with Crippen LogP contribution in [0.15, 0.2) is 42.5 Å². The quantitative estimate of drug-likeness (QED) is 0.657. The first-order valence-electron chi connectivity index (χ1n) is 9.33. The highest BCUT2D eigenvalue weighted by molar-refractivity contribution is 6.33. The molecule has 1 aromatic heterocycles. The van der Waals surface area contributed by atoms with Crippen molar-refractivity contribution in [1.29, 1.82) is 0 Å². The van der Waals surface area contributed by atoms with Gasteiger partial charge in [0.1, 0.15) is 5.82 Å². The molecular formula is C21H20ClF3N4. The highest BCUT2D eigenvalue weighted by Crippen LogP contribution is 2.39. The first kappa shape index (κ1) is 19.9. The van der Waals surface area contributed by atoms with E-state index in [0.29, 0.717) is 32.9 Å². The molecule has 0 atom stereocenters. The third kappa shape index (κ3) is 4.03. The van der Waals surface area contributed by atoms with E-state index in [4.69, 9.17) is 17.3 Å². The summed E-state index contributed by atoms with van der Waals surface area (Å²) in [7, 11) is 0. The second-order valence-electron chi connectivity index (χ2n) is 7.02. The number of hydrogen-bond donors (Lipinski definition) is 2. The van der Waals surface area contributed by atoms with Crippen LogP contribution in [-0.4, -0.2) is 31.2 Å². The number of aromatic nitrogens is 1. The van der Waals surface area contributed by atoms with Crippen LogP contribution in [0.2, 0.25) is 5.02 Å². The molecule has 0 unspecified atom stereocenters. The third-order valence-electron chi connectivity index (χ3n) is 5.10. The largest absolute Gasteiger partial charge is 0.417 e. The zero-order valence-electron chi connectivity index (χ0n) is 15.6. The molecule has 0 bridgehead atoms. The second kappa shape index (κ2) is 7.82. The van der Waals surface area contributed by atoms with Gasteiger partial charge in [0.15, 0.2) is 0 Å². The fourth-order valence-corrected chi connectivity index (χ4v) is 3.89. The maximum Gasteiger partial charge on any atom is 0.417 e. The fraction of sp³-hybridized carbons (Fsp3) is 0.286. The van der Waals surface area contributed by atoms with Crippen molar-refractivity contribution in [3.8, 4) is 11.1 Å². The van der Waals surface area contributed by atoms with Crippen LogP contribution in [0.3, 0.4) is 0 Å². The Kier molecular flexibility index (Phi) is 5.38. The molecule has 1 fully saturated rings. The Morgan fingerprint density at radius 1 is 1.07 bits per heavy atom. The van der Waals surface area contributed by atoms with Gasteiger partial charge in [0.25, 0.3) is 0 Å². The van der Waals surface area contributed by atoms with Gasteiger partial charge in [0.05, 0.1) is 16.1 Å². The van der Waals surface area contributed by atoms with Crippen molar-refractivity contribution >= 4 is 28.3 Å². The van der Waals surface area contributed by atoms with Crippen molar-refractivity contribution in [2.75, 3.05) is 31.1 Å². The van der Waals surface area contributed by atoms with Gasteiger partial charge in [0.2, 0.25) is 0 Å². The van der Waals surface area contributed by atoms with E-state index in [1.807, 2.05) is 0 Å². The van der Waals surface area contributed by atoms with Gasteiger partial charge in [-0.1, -0.05) is 23.7 Å². The molecule has 4 rings (SSSR count). The van der Waals surface area contributed by atoms with Crippen molar-refractivity contribution in [2.24, 2.45) is 5.73 Å². The van der Waals surface area contributed by atoms with Gasteiger partial charge >= 0.3 is 6.18 Å². The van der Waals surface area contributed by atoms with Gasteiger partial charge < -0.3 is 16.0 Å². The molecule has 0 spiro atoms. The number of benzene rings is 2. The number of alkyl halides is 3. The predicted molar refractivity (Wildman–Crippen MR) is 110 cm³/mol. The highest BCUT2D eigenvalue weighted by Gasteiger charge is 2.33. The van der Waals surface area contributed by atoms with E-state index in [0.717, 1.165) is 32.2 Å². The summed E-state index contributed by atoms with van der Waals surface area (Å²) in [5.41, 5.74) is 6.83. The molecule has 0 amide bonds. The molecule has 29 heavy (non-hydrogen) atoms. The van der Waals surface area contributed by atoms with Gasteiger partial charge in [-0.3, -0.25) is 0 Å². The molecule has 4 nitrogen and oxygen atoms in total. The molecule has 3 N–H and O–H groups in total. The molecule has 1 aliphatic heterocycles. The van der Waals surface area contributed by atoms with Crippen molar-refractivity contribution < 1.29 is 13.2 Å². The van der Waals surface area contributed by atoms with E-state index >= 15 is 0 Å². The highest BCUT2D eigenvalue weighted by atomic mass is 35.5. The lowest BCUT2D eigenvalue weighted by Crippen LogP contribution is -2.44. The minimum Gasteiger partial charge on any atom is -0.353 e. The first-order chi connectivity index (χ1) is 13.9. The van der Waals surface area contributed by atoms with Gasteiger partial charge in [-0.05, 0) is 47.0 Å². The molecule has 3 aromatic rings. The standard InChI is InChI=1S/C21H20ClF3N4/c22-18-11-15-10-14(16-9-13(12-26)1-3-17(16)21(23,24)25)2-4-19(15)28-20(18)29-7-5-27-6-8-29/h1-4,9-11,27H,5-8,12,26H2. The molecule has 2 heterocycles. The number of hydrogen-bond acceptors (Lipinski definition) is 4. The fourth-order valence-electron chi connectivity index (χ4n) is 3.61. The molecular weight excluding hydrogens is 401 g/mol. The number of nitrogens with zero attached hydrogens (tertiary/aromatic N) is 2. The van der Waals surface area contributed by atoms with Gasteiger partial charge in [0, 0.05) is 38.1 Å². The summed E-state index contributed by atoms with van der Waals surface area (Å²) in [6, 6.07) is 10.9. The van der Waals surface area contributed by atoms with Crippen molar-refractivity contribution in [2.45, 2.75) is 12.7 Å². The summed E-state index contributed by atoms with van der Waals surface area (Å²) in [5.74, 6) is 0.703. The average molecular weight is 421 g/mol. The Morgan fingerprint density at radius 2 is 1.83 bits per heavy atom. The zero-order valence-corrected chi connectivity index (χ0v) is 16.3. The number of fused-ring (bicyclic) bond motifs is 1. The summed E-state index contributed by atoms with van der Waals surface area (Å²) in [6.07, 6.45) is -4.46. The van der Waals surface area contributed by atoms with Crippen LogP contribution < -0.4 is 16.0 Å². The second-order valence-corrected chi connectivity index (χ2v) is 7.43. The Hall–Kier alpha value is -2.35. The van der Waals surface area contributed by atoms with Crippen LogP contribution in [0.25, 0.3) is 22.0 Å². The van der Waals surface area contributed by atoms with Crippen LogP contribution in [0.1, 0.15) is 11.1 Å². The van der Waals surface area contributed by atoms with Gasteiger partial charge in [-0.15, -0.1) is 0 Å². The van der Waals surface area contributed by atoms with E-state index in [-0.39, 0.29) is 12.1 Å². The Balaban J connectivity index is 1.80. The topological polar surface area (TPSA) is 54.2 Å². The minimum absolute atomic E-state index is 0.102. The van der Waals surface area contributed by atoms with E-state index < -0.39 is 11.7 Å². The molecule has 0 aliphatic carbocycles. The van der Waals surface area contributed by atoms with Crippen molar-refractivity contribution in [1.82, 2.24) is 10.3 Å². The number of halogens is 4. The van der Waals surface area contributed by atoms with Gasteiger partial charge in [-0.25, -0.2) is 4.98 Å². The van der Waals surface area contributed by atoms with E-state index in [2.05, 4.69) is 15.2 Å². The molecule has 2 aromatic carbocycles. The van der Waals surface area contributed by atoms with Gasteiger partial charge in [-0.2, -0.15) is 13.2 Å². The predicted octanol–water partition coefficient (Wildman–Crippen LogP) is 4.44. The summed E-state index contributed by atoms with van der Waals surface area (Å²) in [4.78, 5) is 6.77. The maximum atomic E-state index is 13.5. The van der Waals surface area contributed by atoms with Crippen LogP contribution in [0.4, 0.5) is 19.0 Å². The number of piperazine rings is 1. The normalized spacial score (nSPS) is 15.1. The number of anilines is 1. The van der Waals surface area contributed by atoms with Crippen LogP contribution in [0.5, 0.6) is 0 Å². The zero-order chi connectivity index (χ0) is 20.6. The van der Waals surface area contributed by atoms with E-state index in [1.165, 1.54) is 12.1 Å². The van der Waals surface area contributed by atoms with Crippen LogP contribution >= 0.6 is 11.6 Å². The molecule has 1 aliphatic rings. The Bertz CT molecular complexity index is 1050. The number of rotatable bonds is 3. The lowest BCUT2D eigenvalue weighted by atomic mass is 9.95. The SMILES string of the molecule is NCc1ccc(C(F)(F)F)c(-c2ccc3nc(N4CCNCC4)c(Cl)cc3c2)c1. The van der Waals surface area contributed by atoms with Crippen molar-refractivity contribution in [3.05, 3.63) is 58.6 Å². The average Bonchev–Trinajstić information content (AvgIpc) is 2.72. The summed E-state index contributed by atoms with van der Waals surface area (Å²) >= 11 is 6.47. The number of nitrogens with one attached hydrogen (secondary N) is 1. The Labute approximate surface area is 171 Å². The van der Waals surface area contributed by atoms with E-state index in [1.54, 1.807) is 24.3 Å². The minimum atomic E-state index is -4.46. The number of pyridine rings is 1. The number of nitrogens with two attached hydrogens (primary N) is 1. The first-order valence-corrected chi connectivity index (χ1v) is 9.71. The van der Waals surface area contributed by atoms with Crippen molar-refractivity contribution in [3.63, 3.8) is 0 Å². The summed E-state index contributed by atoms with van der Waals surface area (Å²) in [5, 5.41) is 4.46. The molecule has 1 saturated heterocycles. The van der Waals surface area contributed by atoms with Crippen LogP contribution in [-0.2, 0) is 12.7 Å². The lowest BCUT2D eigenvalue weighted by Gasteiger charge is -2.29. The Morgan fingerprint density at radius 3 is 2.52 bits per heavy atom. The molecule has 8 heteroatoms.